The Morgan fingerprint density at radius 1 is 1.28 bits per heavy atom. The quantitative estimate of drug-likeness (QED) is 0.700. The largest absolute Gasteiger partial charge is 0.349 e. The summed E-state index contributed by atoms with van der Waals surface area (Å²) in [5, 5.41) is 12.2. The van der Waals surface area contributed by atoms with E-state index in [1.54, 1.807) is 0 Å². The summed E-state index contributed by atoms with van der Waals surface area (Å²) in [6.07, 6.45) is 4.41. The number of thioether (sulfide) groups is 1. The maximum absolute atomic E-state index is 12.5. The number of hydrogen-bond acceptors (Lipinski definition) is 6. The van der Waals surface area contributed by atoms with Crippen LogP contribution in [-0.2, 0) is 34.5 Å². The number of aromatic nitrogens is 3. The number of fused-ring (bicyclic) bond motifs is 1. The lowest BCUT2D eigenvalue weighted by molar-refractivity contribution is -0.119. The molecule has 9 heteroatoms. The van der Waals surface area contributed by atoms with Gasteiger partial charge in [-0.25, -0.2) is 8.42 Å². The predicted molar refractivity (Wildman–Crippen MR) is 112 cm³/mol. The molecule has 4 rings (SSSR count). The number of nitrogens with one attached hydrogen (secondary N) is 1. The van der Waals surface area contributed by atoms with Crippen LogP contribution in [0.3, 0.4) is 0 Å². The van der Waals surface area contributed by atoms with Crippen molar-refractivity contribution in [3.05, 3.63) is 41.2 Å². The minimum absolute atomic E-state index is 0.0110. The van der Waals surface area contributed by atoms with E-state index in [0.29, 0.717) is 18.0 Å². The Labute approximate surface area is 175 Å². The fourth-order valence-corrected chi connectivity index (χ4v) is 6.81. The second kappa shape index (κ2) is 8.47. The molecule has 156 valence electrons. The van der Waals surface area contributed by atoms with E-state index in [9.17, 15) is 13.2 Å². The molecule has 2 atom stereocenters. The molecule has 7 nitrogen and oxygen atoms in total. The zero-order valence-corrected chi connectivity index (χ0v) is 18.1. The van der Waals surface area contributed by atoms with E-state index in [-0.39, 0.29) is 35.1 Å². The summed E-state index contributed by atoms with van der Waals surface area (Å²) in [4.78, 5) is 12.5. The number of rotatable bonds is 6. The van der Waals surface area contributed by atoms with E-state index in [1.807, 2.05) is 23.7 Å². The van der Waals surface area contributed by atoms with Gasteiger partial charge in [-0.05, 0) is 42.7 Å². The molecule has 1 saturated heterocycles. The van der Waals surface area contributed by atoms with Crippen molar-refractivity contribution in [1.29, 1.82) is 0 Å². The van der Waals surface area contributed by atoms with Crippen molar-refractivity contribution in [3.63, 3.8) is 0 Å². The lowest BCUT2D eigenvalue weighted by Gasteiger charge is -2.26. The van der Waals surface area contributed by atoms with Crippen LogP contribution in [-0.4, -0.2) is 46.3 Å². The second-order valence-electron chi connectivity index (χ2n) is 7.93. The third-order valence-electron chi connectivity index (χ3n) is 5.76. The maximum Gasteiger partial charge on any atom is 0.230 e. The molecule has 1 aliphatic heterocycles. The Kier molecular flexibility index (Phi) is 5.96. The minimum atomic E-state index is -2.89. The number of hydrogen-bond donors (Lipinski definition) is 1. The van der Waals surface area contributed by atoms with Gasteiger partial charge in [0.05, 0.1) is 23.3 Å². The Bertz CT molecular complexity index is 1000. The van der Waals surface area contributed by atoms with Gasteiger partial charge in [0.15, 0.2) is 15.0 Å². The summed E-state index contributed by atoms with van der Waals surface area (Å²) in [6, 6.07) is 8.39. The molecule has 2 aromatic rings. The summed E-state index contributed by atoms with van der Waals surface area (Å²) >= 11 is 1.36. The number of aryl methyl sites for hydroxylation is 1. The first kappa shape index (κ1) is 20.4. The van der Waals surface area contributed by atoms with Crippen LogP contribution in [0.15, 0.2) is 29.4 Å². The van der Waals surface area contributed by atoms with Crippen LogP contribution in [0, 0.1) is 5.92 Å². The van der Waals surface area contributed by atoms with Gasteiger partial charge in [0.25, 0.3) is 0 Å². The average Bonchev–Trinajstić information content (AvgIpc) is 3.22. The van der Waals surface area contributed by atoms with Crippen molar-refractivity contribution in [2.75, 3.05) is 17.3 Å². The zero-order chi connectivity index (χ0) is 20.4. The SMILES string of the molecule is Cn1c(C[C@@H]2CCS(=O)(=O)C2)nnc1SCC(=O)N[C@@H]1CCCc2ccccc21. The summed E-state index contributed by atoms with van der Waals surface area (Å²) in [5.74, 6) is 1.65. The highest BCUT2D eigenvalue weighted by Gasteiger charge is 2.29. The summed E-state index contributed by atoms with van der Waals surface area (Å²) in [7, 11) is -1.02. The average molecular weight is 435 g/mol. The highest BCUT2D eigenvalue weighted by Crippen LogP contribution is 2.29. The Morgan fingerprint density at radius 3 is 2.90 bits per heavy atom. The molecule has 1 fully saturated rings. The van der Waals surface area contributed by atoms with Crippen LogP contribution in [0.1, 0.15) is 42.3 Å². The van der Waals surface area contributed by atoms with Crippen LogP contribution < -0.4 is 5.32 Å². The molecule has 0 saturated carbocycles. The fraction of sp³-hybridized carbons (Fsp3) is 0.550. The first-order chi connectivity index (χ1) is 13.9. The predicted octanol–water partition coefficient (Wildman–Crippen LogP) is 2.08. The Morgan fingerprint density at radius 2 is 2.10 bits per heavy atom. The third kappa shape index (κ3) is 4.83. The van der Waals surface area contributed by atoms with Gasteiger partial charge in [-0.1, -0.05) is 36.0 Å². The highest BCUT2D eigenvalue weighted by molar-refractivity contribution is 7.99. The van der Waals surface area contributed by atoms with Gasteiger partial charge in [-0.3, -0.25) is 4.79 Å². The minimum Gasteiger partial charge on any atom is -0.349 e. The summed E-state index contributed by atoms with van der Waals surface area (Å²) in [6.45, 7) is 0. The van der Waals surface area contributed by atoms with Crippen LogP contribution >= 0.6 is 11.8 Å². The standard InChI is InChI=1S/C20H26N4O3S2/c1-24-18(11-14-9-10-29(26,27)13-14)22-23-20(24)28-12-19(25)21-17-8-4-6-15-5-2-3-7-16(15)17/h2-3,5,7,14,17H,4,6,8-13H2,1H3,(H,21,25)/t14-,17+/m0/s1. The van der Waals surface area contributed by atoms with Crippen molar-refractivity contribution >= 4 is 27.5 Å². The summed E-state index contributed by atoms with van der Waals surface area (Å²) < 4.78 is 25.2. The van der Waals surface area contributed by atoms with Gasteiger partial charge in [0.2, 0.25) is 5.91 Å². The van der Waals surface area contributed by atoms with E-state index >= 15 is 0 Å². The van der Waals surface area contributed by atoms with Crippen LogP contribution in [0.4, 0.5) is 0 Å². The van der Waals surface area contributed by atoms with Crippen LogP contribution in [0.5, 0.6) is 0 Å². The lowest BCUT2D eigenvalue weighted by Crippen LogP contribution is -2.32. The molecule has 1 amide bonds. The number of carbonyl (C=O) groups is 1. The van der Waals surface area contributed by atoms with Gasteiger partial charge in [0.1, 0.15) is 5.82 Å². The van der Waals surface area contributed by atoms with E-state index in [2.05, 4.69) is 27.6 Å². The number of nitrogens with zero attached hydrogens (tertiary/aromatic N) is 3. The molecule has 29 heavy (non-hydrogen) atoms. The maximum atomic E-state index is 12.5. The second-order valence-corrected chi connectivity index (χ2v) is 11.1. The number of sulfone groups is 1. The molecule has 0 unspecified atom stereocenters. The molecule has 1 N–H and O–H groups in total. The van der Waals surface area contributed by atoms with Crippen molar-refractivity contribution in [1.82, 2.24) is 20.1 Å². The van der Waals surface area contributed by atoms with Crippen molar-refractivity contribution in [2.45, 2.75) is 43.3 Å². The molecule has 1 aromatic heterocycles. The Balaban J connectivity index is 1.32. The zero-order valence-electron chi connectivity index (χ0n) is 16.5. The van der Waals surface area contributed by atoms with Crippen LogP contribution in [0.25, 0.3) is 0 Å². The molecule has 0 spiro atoms. The molecule has 0 bridgehead atoms. The first-order valence-corrected chi connectivity index (χ1v) is 12.8. The first-order valence-electron chi connectivity index (χ1n) is 10.00. The monoisotopic (exact) mass is 434 g/mol. The van der Waals surface area contributed by atoms with Crippen LogP contribution in [0.2, 0.25) is 0 Å². The molecule has 0 radical (unpaired) electrons. The Hall–Kier alpha value is -1.87. The molecule has 1 aromatic carbocycles. The lowest BCUT2D eigenvalue weighted by atomic mass is 9.88. The molecular formula is C20H26N4O3S2. The molecule has 1 aliphatic carbocycles. The number of benzene rings is 1. The van der Waals surface area contributed by atoms with E-state index in [4.69, 9.17) is 0 Å². The number of carbonyl (C=O) groups excluding carboxylic acids is 1. The molecule has 2 heterocycles. The van der Waals surface area contributed by atoms with Gasteiger partial charge in [-0.2, -0.15) is 0 Å². The van der Waals surface area contributed by atoms with Gasteiger partial charge in [-0.15, -0.1) is 10.2 Å². The molecule has 2 aliphatic rings. The van der Waals surface area contributed by atoms with E-state index < -0.39 is 9.84 Å². The number of amides is 1. The highest BCUT2D eigenvalue weighted by atomic mass is 32.2. The van der Waals surface area contributed by atoms with Crippen molar-refractivity contribution < 1.29 is 13.2 Å². The van der Waals surface area contributed by atoms with E-state index in [1.165, 1.54) is 22.9 Å². The van der Waals surface area contributed by atoms with E-state index in [0.717, 1.165) is 25.1 Å². The van der Waals surface area contributed by atoms with Gasteiger partial charge in [0, 0.05) is 13.5 Å². The van der Waals surface area contributed by atoms with Gasteiger partial charge < -0.3 is 9.88 Å². The van der Waals surface area contributed by atoms with Gasteiger partial charge >= 0.3 is 0 Å². The van der Waals surface area contributed by atoms with Crippen molar-refractivity contribution in [2.24, 2.45) is 13.0 Å². The third-order valence-corrected chi connectivity index (χ3v) is 8.62. The molecular weight excluding hydrogens is 408 g/mol. The smallest absolute Gasteiger partial charge is 0.230 e. The topological polar surface area (TPSA) is 93.9 Å². The van der Waals surface area contributed by atoms with Crippen molar-refractivity contribution in [3.8, 4) is 0 Å². The fourth-order valence-electron chi connectivity index (χ4n) is 4.21. The normalized spacial score (nSPS) is 22.9. The summed E-state index contributed by atoms with van der Waals surface area (Å²) in [5.41, 5.74) is 2.55.